The second kappa shape index (κ2) is 13.8. The largest absolute Gasteiger partial charge is 0.466 e. The molecule has 0 aromatic rings. The Morgan fingerprint density at radius 3 is 1.87 bits per heavy atom. The highest BCUT2D eigenvalue weighted by atomic mass is 16.6. The van der Waals surface area contributed by atoms with Crippen LogP contribution in [0.15, 0.2) is 0 Å². The summed E-state index contributed by atoms with van der Waals surface area (Å²) in [6, 6.07) is 0. The lowest BCUT2D eigenvalue weighted by Gasteiger charge is -2.02. The first kappa shape index (κ1) is 20.5. The summed E-state index contributed by atoms with van der Waals surface area (Å²) in [7, 11) is 0. The van der Waals surface area contributed by atoms with Crippen molar-refractivity contribution in [1.82, 2.24) is 0 Å². The minimum atomic E-state index is -0.0450. The number of esters is 1. The number of carbonyl (C=O) groups excluding carboxylic acids is 1. The fourth-order valence-electron chi connectivity index (χ4n) is 3.19. The Morgan fingerprint density at radius 2 is 1.30 bits per heavy atom. The van der Waals surface area contributed by atoms with Gasteiger partial charge in [0.2, 0.25) is 0 Å². The molecule has 0 N–H and O–H groups in total. The fraction of sp³-hybridized carbons (Fsp3) is 0.950. The van der Waals surface area contributed by atoms with Crippen LogP contribution in [0, 0.1) is 0 Å². The highest BCUT2D eigenvalue weighted by molar-refractivity contribution is 5.69. The van der Waals surface area contributed by atoms with E-state index in [2.05, 4.69) is 6.92 Å². The molecular formula is C20H38O3. The van der Waals surface area contributed by atoms with Crippen LogP contribution >= 0.6 is 0 Å². The molecule has 0 aliphatic carbocycles. The minimum Gasteiger partial charge on any atom is -0.466 e. The molecule has 1 rings (SSSR count). The lowest BCUT2D eigenvalue weighted by atomic mass is 10.0. The molecule has 1 saturated heterocycles. The lowest BCUT2D eigenvalue weighted by molar-refractivity contribution is -0.143. The lowest BCUT2D eigenvalue weighted by Crippen LogP contribution is -2.03. The van der Waals surface area contributed by atoms with Crippen LogP contribution in [-0.4, -0.2) is 24.8 Å². The number of unbranched alkanes of at least 4 members (excludes halogenated alkanes) is 9. The average molecular weight is 327 g/mol. The highest BCUT2D eigenvalue weighted by Gasteiger charge is 2.36. The van der Waals surface area contributed by atoms with E-state index in [1.807, 2.05) is 6.92 Å². The molecule has 0 aromatic carbocycles. The third-order valence-electron chi connectivity index (χ3n) is 4.70. The average Bonchev–Trinajstić information content (AvgIpc) is 3.28. The summed E-state index contributed by atoms with van der Waals surface area (Å²) in [5.41, 5.74) is 0. The first-order chi connectivity index (χ1) is 11.3. The zero-order chi connectivity index (χ0) is 16.8. The molecule has 136 valence electrons. The van der Waals surface area contributed by atoms with Gasteiger partial charge in [-0.25, -0.2) is 0 Å². The van der Waals surface area contributed by atoms with Crippen molar-refractivity contribution >= 4 is 5.97 Å². The van der Waals surface area contributed by atoms with Gasteiger partial charge in [-0.15, -0.1) is 0 Å². The third kappa shape index (κ3) is 11.6. The second-order valence-electron chi connectivity index (χ2n) is 6.88. The normalized spacial score (nSPS) is 19.7. The topological polar surface area (TPSA) is 38.8 Å². The Balaban J connectivity index is 1.77. The van der Waals surface area contributed by atoms with Crippen molar-refractivity contribution in [1.29, 1.82) is 0 Å². The van der Waals surface area contributed by atoms with Crippen molar-refractivity contribution in [2.24, 2.45) is 0 Å². The van der Waals surface area contributed by atoms with Crippen molar-refractivity contribution in [3.63, 3.8) is 0 Å². The van der Waals surface area contributed by atoms with Gasteiger partial charge in [-0.2, -0.15) is 0 Å². The molecule has 1 aliphatic heterocycles. The van der Waals surface area contributed by atoms with Crippen LogP contribution < -0.4 is 0 Å². The van der Waals surface area contributed by atoms with Crippen LogP contribution in [0.3, 0.4) is 0 Å². The molecule has 1 fully saturated rings. The molecule has 0 spiro atoms. The SMILES string of the molecule is CCCCCCCC[C@@H]1O[C@H]1CCCCCCCC(=O)OCC. The van der Waals surface area contributed by atoms with Crippen molar-refractivity contribution in [3.05, 3.63) is 0 Å². The maximum Gasteiger partial charge on any atom is 0.305 e. The van der Waals surface area contributed by atoms with E-state index in [1.54, 1.807) is 0 Å². The summed E-state index contributed by atoms with van der Waals surface area (Å²) in [6.07, 6.45) is 18.4. The molecular weight excluding hydrogens is 288 g/mol. The van der Waals surface area contributed by atoms with Crippen LogP contribution in [-0.2, 0) is 14.3 Å². The minimum absolute atomic E-state index is 0.0450. The zero-order valence-electron chi connectivity index (χ0n) is 15.5. The fourth-order valence-corrected chi connectivity index (χ4v) is 3.19. The molecule has 0 saturated carbocycles. The Labute approximate surface area is 143 Å². The van der Waals surface area contributed by atoms with E-state index in [0.717, 1.165) is 12.8 Å². The highest BCUT2D eigenvalue weighted by Crippen LogP contribution is 2.31. The summed E-state index contributed by atoms with van der Waals surface area (Å²) in [5.74, 6) is -0.0450. The van der Waals surface area contributed by atoms with Gasteiger partial charge in [0, 0.05) is 6.42 Å². The number of ether oxygens (including phenoxy) is 2. The standard InChI is InChI=1S/C20H38O3/c1-3-5-6-7-9-12-15-18-19(23-18)16-13-10-8-11-14-17-20(21)22-4-2/h18-19H,3-17H2,1-2H3/t18-,19-/m0/s1. The van der Waals surface area contributed by atoms with Crippen molar-refractivity contribution in [2.75, 3.05) is 6.61 Å². The molecule has 0 amide bonds. The Morgan fingerprint density at radius 1 is 0.783 bits per heavy atom. The number of hydrogen-bond donors (Lipinski definition) is 0. The van der Waals surface area contributed by atoms with E-state index in [1.165, 1.54) is 70.6 Å². The molecule has 3 heteroatoms. The van der Waals surface area contributed by atoms with E-state index in [0.29, 0.717) is 25.2 Å². The van der Waals surface area contributed by atoms with Gasteiger partial charge in [-0.3, -0.25) is 4.79 Å². The summed E-state index contributed by atoms with van der Waals surface area (Å²) in [4.78, 5) is 11.2. The maximum atomic E-state index is 11.2. The predicted octanol–water partition coefficient (Wildman–Crippen LogP) is 5.80. The van der Waals surface area contributed by atoms with Crippen molar-refractivity contribution in [3.8, 4) is 0 Å². The molecule has 23 heavy (non-hydrogen) atoms. The summed E-state index contributed by atoms with van der Waals surface area (Å²) in [6.45, 7) is 4.63. The first-order valence-corrected chi connectivity index (χ1v) is 10.1. The summed E-state index contributed by atoms with van der Waals surface area (Å²) in [5, 5.41) is 0. The first-order valence-electron chi connectivity index (χ1n) is 10.1. The molecule has 1 heterocycles. The van der Waals surface area contributed by atoms with Gasteiger partial charge in [0.15, 0.2) is 0 Å². The Bertz CT molecular complexity index is 291. The van der Waals surface area contributed by atoms with Crippen LogP contribution in [0.25, 0.3) is 0 Å². The van der Waals surface area contributed by atoms with Crippen LogP contribution in [0.4, 0.5) is 0 Å². The van der Waals surface area contributed by atoms with Gasteiger partial charge in [0.25, 0.3) is 0 Å². The van der Waals surface area contributed by atoms with Gasteiger partial charge >= 0.3 is 5.97 Å². The van der Waals surface area contributed by atoms with E-state index < -0.39 is 0 Å². The Kier molecular flexibility index (Phi) is 12.3. The monoisotopic (exact) mass is 326 g/mol. The van der Waals surface area contributed by atoms with E-state index >= 15 is 0 Å². The van der Waals surface area contributed by atoms with Crippen LogP contribution in [0.1, 0.15) is 104 Å². The molecule has 2 atom stereocenters. The smallest absolute Gasteiger partial charge is 0.305 e. The number of rotatable bonds is 16. The van der Waals surface area contributed by atoms with Crippen molar-refractivity contribution in [2.45, 2.75) is 116 Å². The second-order valence-corrected chi connectivity index (χ2v) is 6.88. The van der Waals surface area contributed by atoms with Crippen molar-refractivity contribution < 1.29 is 14.3 Å². The van der Waals surface area contributed by atoms with Gasteiger partial charge in [-0.1, -0.05) is 71.1 Å². The molecule has 0 aromatic heterocycles. The molecule has 3 nitrogen and oxygen atoms in total. The van der Waals surface area contributed by atoms with E-state index in [-0.39, 0.29) is 5.97 Å². The van der Waals surface area contributed by atoms with Gasteiger partial charge in [0.1, 0.15) is 0 Å². The van der Waals surface area contributed by atoms with Gasteiger partial charge < -0.3 is 9.47 Å². The summed E-state index contributed by atoms with van der Waals surface area (Å²) >= 11 is 0. The van der Waals surface area contributed by atoms with Gasteiger partial charge in [0.05, 0.1) is 18.8 Å². The molecule has 0 unspecified atom stereocenters. The number of carbonyl (C=O) groups is 1. The van der Waals surface area contributed by atoms with Crippen LogP contribution in [0.5, 0.6) is 0 Å². The quantitative estimate of drug-likeness (QED) is 0.204. The zero-order valence-corrected chi connectivity index (χ0v) is 15.5. The molecule has 1 aliphatic rings. The number of epoxide rings is 1. The van der Waals surface area contributed by atoms with Crippen LogP contribution in [0.2, 0.25) is 0 Å². The third-order valence-corrected chi connectivity index (χ3v) is 4.70. The number of hydrogen-bond acceptors (Lipinski definition) is 3. The van der Waals surface area contributed by atoms with E-state index in [9.17, 15) is 4.79 Å². The molecule has 0 radical (unpaired) electrons. The van der Waals surface area contributed by atoms with Gasteiger partial charge in [-0.05, 0) is 26.2 Å². The van der Waals surface area contributed by atoms with E-state index in [4.69, 9.17) is 9.47 Å². The maximum absolute atomic E-state index is 11.2. The Hall–Kier alpha value is -0.570. The predicted molar refractivity (Wildman–Crippen MR) is 95.6 cm³/mol. The summed E-state index contributed by atoms with van der Waals surface area (Å²) < 4.78 is 10.7. The molecule has 0 bridgehead atoms.